The number of ether oxygens (including phenoxy) is 3. The van der Waals surface area contributed by atoms with Crippen molar-refractivity contribution in [1.29, 1.82) is 0 Å². The molecule has 0 saturated carbocycles. The Hall–Kier alpha value is -2.80. The van der Waals surface area contributed by atoms with Gasteiger partial charge in [0.1, 0.15) is 0 Å². The molecule has 0 atom stereocenters. The number of nitrogens with one attached hydrogen (secondary N) is 2. The van der Waals surface area contributed by atoms with Gasteiger partial charge in [-0.2, -0.15) is 0 Å². The van der Waals surface area contributed by atoms with Crippen LogP contribution >= 0.6 is 12.2 Å². The van der Waals surface area contributed by atoms with E-state index in [2.05, 4.69) is 10.6 Å². The van der Waals surface area contributed by atoms with Crippen molar-refractivity contribution in [2.24, 2.45) is 0 Å². The molecule has 0 heterocycles. The van der Waals surface area contributed by atoms with Crippen LogP contribution in [0.3, 0.4) is 0 Å². The number of thiocarbonyl (C=S) groups is 1. The predicted octanol–water partition coefficient (Wildman–Crippen LogP) is 4.45. The minimum atomic E-state index is -0.344. The summed E-state index contributed by atoms with van der Waals surface area (Å²) in [6.45, 7) is 8.43. The van der Waals surface area contributed by atoms with E-state index in [-0.39, 0.29) is 12.1 Å². The van der Waals surface area contributed by atoms with Gasteiger partial charge in [-0.25, -0.2) is 4.79 Å². The number of anilines is 1. The second-order valence-corrected chi connectivity index (χ2v) is 7.07. The molecule has 2 N–H and O–H groups in total. The van der Waals surface area contributed by atoms with Crippen LogP contribution in [-0.2, 0) is 11.3 Å². The van der Waals surface area contributed by atoms with Crippen LogP contribution in [0.15, 0.2) is 36.4 Å². The Morgan fingerprint density at radius 3 is 2.59 bits per heavy atom. The summed E-state index contributed by atoms with van der Waals surface area (Å²) in [6.07, 6.45) is 0.0678. The van der Waals surface area contributed by atoms with Gasteiger partial charge in [-0.15, -0.1) is 0 Å². The Balaban J connectivity index is 2.02. The monoisotopic (exact) mass is 416 g/mol. The van der Waals surface area contributed by atoms with E-state index < -0.39 is 0 Å². The van der Waals surface area contributed by atoms with Crippen molar-refractivity contribution in [3.05, 3.63) is 53.1 Å². The van der Waals surface area contributed by atoms with Gasteiger partial charge in [-0.3, -0.25) is 0 Å². The van der Waals surface area contributed by atoms with Gasteiger partial charge in [-0.1, -0.05) is 12.1 Å². The van der Waals surface area contributed by atoms with E-state index >= 15 is 0 Å². The minimum Gasteiger partial charge on any atom is -0.493 e. The number of carbonyl (C=O) groups is 1. The Morgan fingerprint density at radius 2 is 1.93 bits per heavy atom. The van der Waals surface area contributed by atoms with E-state index in [1.165, 1.54) is 0 Å². The maximum Gasteiger partial charge on any atom is 0.338 e. The summed E-state index contributed by atoms with van der Waals surface area (Å²) in [4.78, 5) is 12.0. The molecule has 0 radical (unpaired) electrons. The average Bonchev–Trinajstić information content (AvgIpc) is 2.68. The van der Waals surface area contributed by atoms with Crippen molar-refractivity contribution in [3.63, 3.8) is 0 Å². The van der Waals surface area contributed by atoms with Gasteiger partial charge in [-0.05, 0) is 75.3 Å². The molecule has 29 heavy (non-hydrogen) atoms. The lowest BCUT2D eigenvalue weighted by atomic mass is 10.1. The summed E-state index contributed by atoms with van der Waals surface area (Å²) < 4.78 is 16.2. The van der Waals surface area contributed by atoms with Gasteiger partial charge in [0.2, 0.25) is 0 Å². The first-order valence-corrected chi connectivity index (χ1v) is 9.91. The fourth-order valence-corrected chi connectivity index (χ4v) is 2.91. The highest BCUT2D eigenvalue weighted by Crippen LogP contribution is 2.29. The van der Waals surface area contributed by atoms with Crippen LogP contribution in [-0.4, -0.2) is 30.9 Å². The van der Waals surface area contributed by atoms with Crippen molar-refractivity contribution >= 4 is 29.0 Å². The number of esters is 1. The summed E-state index contributed by atoms with van der Waals surface area (Å²) in [6, 6.07) is 11.2. The zero-order valence-electron chi connectivity index (χ0n) is 17.5. The lowest BCUT2D eigenvalue weighted by Crippen LogP contribution is -2.28. The Labute approximate surface area is 177 Å². The predicted molar refractivity (Wildman–Crippen MR) is 119 cm³/mol. The molecule has 2 rings (SSSR count). The number of methoxy groups -OCH3 is 1. The van der Waals surface area contributed by atoms with Crippen molar-refractivity contribution in [2.45, 2.75) is 40.3 Å². The van der Waals surface area contributed by atoms with Gasteiger partial charge in [0.05, 0.1) is 25.4 Å². The van der Waals surface area contributed by atoms with E-state index in [4.69, 9.17) is 26.4 Å². The van der Waals surface area contributed by atoms with Gasteiger partial charge in [0, 0.05) is 12.2 Å². The third-order valence-electron chi connectivity index (χ3n) is 4.12. The summed E-state index contributed by atoms with van der Waals surface area (Å²) >= 11 is 5.40. The van der Waals surface area contributed by atoms with Gasteiger partial charge < -0.3 is 24.8 Å². The van der Waals surface area contributed by atoms with Crippen molar-refractivity contribution in [1.82, 2.24) is 5.32 Å². The van der Waals surface area contributed by atoms with Crippen molar-refractivity contribution < 1.29 is 19.0 Å². The minimum absolute atomic E-state index is 0.0678. The van der Waals surface area contributed by atoms with E-state index in [1.54, 1.807) is 26.2 Å². The topological polar surface area (TPSA) is 68.8 Å². The summed E-state index contributed by atoms with van der Waals surface area (Å²) in [7, 11) is 1.62. The van der Waals surface area contributed by atoms with Crippen LogP contribution in [0, 0.1) is 6.92 Å². The fourth-order valence-electron chi connectivity index (χ4n) is 2.72. The molecule has 0 aliphatic carbocycles. The second kappa shape index (κ2) is 10.7. The lowest BCUT2D eigenvalue weighted by Gasteiger charge is -2.16. The van der Waals surface area contributed by atoms with Crippen molar-refractivity contribution in [3.8, 4) is 11.5 Å². The Bertz CT molecular complexity index is 868. The Morgan fingerprint density at radius 1 is 1.17 bits per heavy atom. The molecule has 7 heteroatoms. The largest absolute Gasteiger partial charge is 0.493 e. The van der Waals surface area contributed by atoms with Crippen LogP contribution in [0.5, 0.6) is 11.5 Å². The van der Waals surface area contributed by atoms with Crippen LogP contribution in [0.25, 0.3) is 0 Å². The zero-order valence-corrected chi connectivity index (χ0v) is 18.3. The highest BCUT2D eigenvalue weighted by atomic mass is 32.1. The van der Waals surface area contributed by atoms with Crippen LogP contribution in [0.4, 0.5) is 5.69 Å². The number of carbonyl (C=O) groups excluding carboxylic acids is 1. The first kappa shape index (κ1) is 22.5. The molecular weight excluding hydrogens is 388 g/mol. The van der Waals surface area contributed by atoms with E-state index in [9.17, 15) is 4.79 Å². The lowest BCUT2D eigenvalue weighted by molar-refractivity contribution is 0.0525. The van der Waals surface area contributed by atoms with Gasteiger partial charge >= 0.3 is 5.97 Å². The normalized spacial score (nSPS) is 10.4. The molecule has 6 nitrogen and oxygen atoms in total. The van der Waals surface area contributed by atoms with Crippen LogP contribution in [0.2, 0.25) is 0 Å². The summed E-state index contributed by atoms with van der Waals surface area (Å²) in [5.41, 5.74) is 3.06. The third-order valence-corrected chi connectivity index (χ3v) is 4.37. The maximum absolute atomic E-state index is 12.0. The maximum atomic E-state index is 12.0. The highest BCUT2D eigenvalue weighted by molar-refractivity contribution is 7.80. The third kappa shape index (κ3) is 6.35. The highest BCUT2D eigenvalue weighted by Gasteiger charge is 2.13. The summed E-state index contributed by atoms with van der Waals surface area (Å²) in [5, 5.41) is 6.76. The molecule has 2 aromatic carbocycles. The molecule has 0 saturated heterocycles. The SMILES string of the molecule is CCOC(=O)c1cccc(NC(=S)NCc2ccc(OC(C)C)c(OC)c2)c1C. The van der Waals surface area contributed by atoms with E-state index in [1.807, 2.05) is 45.0 Å². The Kier molecular flexibility index (Phi) is 8.27. The smallest absolute Gasteiger partial charge is 0.338 e. The van der Waals surface area contributed by atoms with Crippen LogP contribution in [0.1, 0.15) is 42.3 Å². The van der Waals surface area contributed by atoms with Gasteiger partial charge in [0.15, 0.2) is 16.6 Å². The molecule has 0 aliphatic rings. The number of hydrogen-bond donors (Lipinski definition) is 2. The number of benzene rings is 2. The molecular formula is C22H28N2O4S. The quantitative estimate of drug-likeness (QED) is 0.486. The molecule has 2 aromatic rings. The zero-order chi connectivity index (χ0) is 21.4. The van der Waals surface area contributed by atoms with Gasteiger partial charge in [0.25, 0.3) is 0 Å². The molecule has 156 valence electrons. The summed E-state index contributed by atoms with van der Waals surface area (Å²) in [5.74, 6) is 1.04. The van der Waals surface area contributed by atoms with E-state index in [0.29, 0.717) is 35.3 Å². The first-order valence-electron chi connectivity index (χ1n) is 9.50. The molecule has 0 unspecified atom stereocenters. The molecule has 0 bridgehead atoms. The molecule has 0 aromatic heterocycles. The van der Waals surface area contributed by atoms with Crippen LogP contribution < -0.4 is 20.1 Å². The average molecular weight is 417 g/mol. The molecule has 0 fully saturated rings. The first-order chi connectivity index (χ1) is 13.8. The van der Waals surface area contributed by atoms with Crippen molar-refractivity contribution in [2.75, 3.05) is 19.0 Å². The fraction of sp³-hybridized carbons (Fsp3) is 0.364. The number of hydrogen-bond acceptors (Lipinski definition) is 5. The molecule has 0 aliphatic heterocycles. The second-order valence-electron chi connectivity index (χ2n) is 6.66. The van der Waals surface area contributed by atoms with E-state index in [0.717, 1.165) is 16.8 Å². The molecule has 0 amide bonds. The standard InChI is InChI=1S/C22H28N2O4S/c1-6-27-21(25)17-8-7-9-18(15(17)4)24-22(29)23-13-16-10-11-19(28-14(2)3)20(12-16)26-5/h7-12,14H,6,13H2,1-5H3,(H2,23,24,29). The number of rotatable bonds is 8. The molecule has 0 spiro atoms.